The van der Waals surface area contributed by atoms with Gasteiger partial charge in [-0.25, -0.2) is 4.79 Å². The van der Waals surface area contributed by atoms with E-state index < -0.39 is 5.97 Å². The highest BCUT2D eigenvalue weighted by Gasteiger charge is 2.41. The lowest BCUT2D eigenvalue weighted by Crippen LogP contribution is -2.19. The minimum Gasteiger partial charge on any atom is -0.477 e. The zero-order chi connectivity index (χ0) is 8.01. The molecule has 1 atom stereocenters. The number of aliphatic imine (C=N–C) groups is 1. The predicted octanol–water partition coefficient (Wildman–Crippen LogP) is -0.118. The number of nitrogens with two attached hydrogens (primary N) is 1. The second-order valence-corrected chi connectivity index (χ2v) is 2.48. The van der Waals surface area contributed by atoms with Crippen molar-refractivity contribution >= 4 is 11.7 Å². The number of fused-ring (bicyclic) bond motifs is 1. The van der Waals surface area contributed by atoms with E-state index in [4.69, 9.17) is 10.8 Å². The van der Waals surface area contributed by atoms with Gasteiger partial charge in [-0.2, -0.15) is 0 Å². The fourth-order valence-corrected chi connectivity index (χ4v) is 1.19. The largest absolute Gasteiger partial charge is 0.477 e. The molecule has 0 unspecified atom stereocenters. The molecular formula is C7H6N2O2. The molecule has 0 bridgehead atoms. The molecule has 1 heterocycles. The van der Waals surface area contributed by atoms with Gasteiger partial charge in [-0.05, 0) is 11.6 Å². The van der Waals surface area contributed by atoms with Gasteiger partial charge in [0.05, 0.1) is 5.92 Å². The van der Waals surface area contributed by atoms with E-state index in [9.17, 15) is 4.79 Å². The van der Waals surface area contributed by atoms with Crippen LogP contribution in [0.25, 0.3) is 0 Å². The first-order valence-electron chi connectivity index (χ1n) is 3.19. The summed E-state index contributed by atoms with van der Waals surface area (Å²) in [4.78, 5) is 14.2. The molecule has 0 radical (unpaired) electrons. The summed E-state index contributed by atoms with van der Waals surface area (Å²) in [6.07, 6.45) is 3.21. The summed E-state index contributed by atoms with van der Waals surface area (Å²) in [5, 5.41) is 8.61. The van der Waals surface area contributed by atoms with E-state index in [1.54, 1.807) is 6.08 Å². The van der Waals surface area contributed by atoms with Crippen LogP contribution in [0.4, 0.5) is 0 Å². The average Bonchev–Trinajstić information content (AvgIpc) is 2.63. The quantitative estimate of drug-likeness (QED) is 0.547. The predicted molar refractivity (Wildman–Crippen MR) is 38.9 cm³/mol. The van der Waals surface area contributed by atoms with Gasteiger partial charge in [-0.3, -0.25) is 4.99 Å². The Kier molecular flexibility index (Phi) is 0.961. The highest BCUT2D eigenvalue weighted by molar-refractivity contribution is 6.39. The molecule has 0 spiro atoms. The number of carbonyl (C=O) groups is 1. The van der Waals surface area contributed by atoms with Crippen molar-refractivity contribution in [1.29, 1.82) is 0 Å². The summed E-state index contributed by atoms with van der Waals surface area (Å²) in [5.41, 5.74) is 7.16. The molecule has 0 amide bonds. The minimum absolute atomic E-state index is 0.139. The van der Waals surface area contributed by atoms with Crippen molar-refractivity contribution in [3.8, 4) is 0 Å². The van der Waals surface area contributed by atoms with Gasteiger partial charge in [-0.1, -0.05) is 0 Å². The lowest BCUT2D eigenvalue weighted by atomic mass is 10.1. The maximum absolute atomic E-state index is 10.5. The molecule has 4 nitrogen and oxygen atoms in total. The molecule has 0 fully saturated rings. The third-order valence-corrected chi connectivity index (χ3v) is 1.83. The molecule has 2 rings (SSSR count). The fourth-order valence-electron chi connectivity index (χ4n) is 1.19. The molecule has 2 aliphatic rings. The Bertz CT molecular complexity index is 325. The summed E-state index contributed by atoms with van der Waals surface area (Å²) < 4.78 is 0. The van der Waals surface area contributed by atoms with Gasteiger partial charge >= 0.3 is 5.97 Å². The fraction of sp³-hybridized carbons (Fsp3) is 0.143. The van der Waals surface area contributed by atoms with Crippen LogP contribution in [0.15, 0.2) is 28.5 Å². The number of allylic oxidation sites excluding steroid dienone is 3. The molecule has 56 valence electrons. The first-order valence-corrected chi connectivity index (χ1v) is 3.19. The number of hydrogen-bond donors (Lipinski definition) is 2. The summed E-state index contributed by atoms with van der Waals surface area (Å²) in [5.74, 6) is -1.19. The van der Waals surface area contributed by atoms with Crippen molar-refractivity contribution in [2.45, 2.75) is 0 Å². The van der Waals surface area contributed by atoms with Crippen LogP contribution in [-0.4, -0.2) is 16.8 Å². The van der Waals surface area contributed by atoms with Crippen LogP contribution in [0.1, 0.15) is 0 Å². The highest BCUT2D eigenvalue weighted by atomic mass is 16.4. The lowest BCUT2D eigenvalue weighted by Gasteiger charge is -2.00. The minimum atomic E-state index is -0.989. The van der Waals surface area contributed by atoms with Gasteiger partial charge in [0, 0.05) is 11.9 Å². The van der Waals surface area contributed by atoms with Gasteiger partial charge in [0.1, 0.15) is 5.71 Å². The zero-order valence-electron chi connectivity index (χ0n) is 5.61. The topological polar surface area (TPSA) is 75.7 Å². The monoisotopic (exact) mass is 150 g/mol. The van der Waals surface area contributed by atoms with Crippen molar-refractivity contribution in [1.82, 2.24) is 0 Å². The molecule has 0 aromatic rings. The summed E-state index contributed by atoms with van der Waals surface area (Å²) >= 11 is 0. The molecule has 3 N–H and O–H groups in total. The van der Waals surface area contributed by atoms with Gasteiger partial charge in [0.25, 0.3) is 0 Å². The molecule has 1 aliphatic heterocycles. The number of hydrogen-bond acceptors (Lipinski definition) is 3. The van der Waals surface area contributed by atoms with Gasteiger partial charge < -0.3 is 10.8 Å². The first kappa shape index (κ1) is 6.15. The average molecular weight is 150 g/mol. The normalized spacial score (nSPS) is 26.2. The van der Waals surface area contributed by atoms with E-state index >= 15 is 0 Å². The van der Waals surface area contributed by atoms with Crippen LogP contribution >= 0.6 is 0 Å². The van der Waals surface area contributed by atoms with Crippen molar-refractivity contribution in [3.63, 3.8) is 0 Å². The Hall–Kier alpha value is -1.58. The van der Waals surface area contributed by atoms with Crippen LogP contribution in [0.3, 0.4) is 0 Å². The number of rotatable bonds is 1. The molecular weight excluding hydrogens is 144 g/mol. The van der Waals surface area contributed by atoms with Crippen LogP contribution in [0.2, 0.25) is 0 Å². The van der Waals surface area contributed by atoms with E-state index in [2.05, 4.69) is 4.99 Å². The Labute approximate surface area is 62.7 Å². The third kappa shape index (κ3) is 0.690. The number of carboxylic acids is 1. The Balaban J connectivity index is 2.33. The van der Waals surface area contributed by atoms with E-state index in [1.165, 1.54) is 6.20 Å². The molecule has 1 aliphatic carbocycles. The lowest BCUT2D eigenvalue weighted by molar-refractivity contribution is -0.129. The van der Waals surface area contributed by atoms with Crippen LogP contribution in [-0.2, 0) is 4.79 Å². The van der Waals surface area contributed by atoms with E-state index in [0.717, 1.165) is 5.57 Å². The van der Waals surface area contributed by atoms with Crippen molar-refractivity contribution in [3.05, 3.63) is 23.5 Å². The maximum Gasteiger partial charge on any atom is 0.351 e. The number of aliphatic carboxylic acids is 1. The Morgan fingerprint density at radius 1 is 1.73 bits per heavy atom. The molecule has 11 heavy (non-hydrogen) atoms. The molecule has 4 heteroatoms. The van der Waals surface area contributed by atoms with Crippen LogP contribution < -0.4 is 5.73 Å². The molecule has 0 saturated carbocycles. The second kappa shape index (κ2) is 1.72. The molecule has 0 aromatic heterocycles. The van der Waals surface area contributed by atoms with Crippen molar-refractivity contribution in [2.75, 3.05) is 0 Å². The summed E-state index contributed by atoms with van der Waals surface area (Å²) in [6.45, 7) is 0. The van der Waals surface area contributed by atoms with Crippen molar-refractivity contribution < 1.29 is 9.90 Å². The van der Waals surface area contributed by atoms with Gasteiger partial charge in [0.2, 0.25) is 0 Å². The second-order valence-electron chi connectivity index (χ2n) is 2.48. The van der Waals surface area contributed by atoms with Crippen LogP contribution in [0.5, 0.6) is 0 Å². The Morgan fingerprint density at radius 3 is 3.00 bits per heavy atom. The van der Waals surface area contributed by atoms with Crippen LogP contribution in [0, 0.1) is 5.92 Å². The smallest absolute Gasteiger partial charge is 0.351 e. The highest BCUT2D eigenvalue weighted by Crippen LogP contribution is 2.39. The maximum atomic E-state index is 10.5. The summed E-state index contributed by atoms with van der Waals surface area (Å²) in [6, 6.07) is 0. The number of nitrogens with zero attached hydrogens (tertiary/aromatic N) is 1. The van der Waals surface area contributed by atoms with Crippen molar-refractivity contribution in [2.24, 2.45) is 16.6 Å². The first-order chi connectivity index (χ1) is 5.22. The SMILES string of the molecule is NC1=C2C=CN=C(C(=O)O)[C@@H]12. The van der Waals surface area contributed by atoms with Gasteiger partial charge in [0.15, 0.2) is 0 Å². The molecule has 0 saturated heterocycles. The van der Waals surface area contributed by atoms with E-state index in [1.807, 2.05) is 0 Å². The van der Waals surface area contributed by atoms with Gasteiger partial charge in [-0.15, -0.1) is 0 Å². The zero-order valence-corrected chi connectivity index (χ0v) is 5.61. The Morgan fingerprint density at radius 2 is 2.45 bits per heavy atom. The number of carboxylic acid groups (broad SMARTS) is 1. The summed E-state index contributed by atoms with van der Waals surface area (Å²) in [7, 11) is 0. The molecule has 0 aromatic carbocycles. The standard InChI is InChI=1S/C7H6N2O2/c8-5-3-1-2-9-6(4(3)5)7(10)11/h1-2,4H,8H2,(H,10,11)/t4-/m1/s1. The van der Waals surface area contributed by atoms with E-state index in [-0.39, 0.29) is 11.6 Å². The third-order valence-electron chi connectivity index (χ3n) is 1.83. The van der Waals surface area contributed by atoms with E-state index in [0.29, 0.717) is 5.70 Å².